The van der Waals surface area contributed by atoms with Crippen molar-refractivity contribution in [2.24, 2.45) is 0 Å². The van der Waals surface area contributed by atoms with Crippen LogP contribution in [0.1, 0.15) is 6.42 Å². The van der Waals surface area contributed by atoms with E-state index in [9.17, 15) is 14.0 Å². The summed E-state index contributed by atoms with van der Waals surface area (Å²) in [6.07, 6.45) is 0.195. The van der Waals surface area contributed by atoms with Crippen molar-refractivity contribution in [2.75, 3.05) is 11.4 Å². The molecule has 2 rings (SSSR count). The Morgan fingerprint density at radius 1 is 1.27 bits per heavy atom. The Kier molecular flexibility index (Phi) is 2.37. The van der Waals surface area contributed by atoms with Crippen molar-refractivity contribution in [1.82, 2.24) is 5.32 Å². The smallest absolute Gasteiger partial charge is 0.328 e. The second-order valence-electron chi connectivity index (χ2n) is 3.16. The van der Waals surface area contributed by atoms with Crippen molar-refractivity contribution in [3.8, 4) is 0 Å². The van der Waals surface area contributed by atoms with Crippen LogP contribution in [0.25, 0.3) is 0 Å². The third-order valence-corrected chi connectivity index (χ3v) is 2.16. The fourth-order valence-electron chi connectivity index (χ4n) is 1.46. The Bertz CT molecular complexity index is 404. The Labute approximate surface area is 85.7 Å². The number of urea groups is 1. The minimum Gasteiger partial charge on any atom is -0.337 e. The summed E-state index contributed by atoms with van der Waals surface area (Å²) in [6, 6.07) is 5.12. The van der Waals surface area contributed by atoms with Crippen molar-refractivity contribution < 1.29 is 14.0 Å². The van der Waals surface area contributed by atoms with Crippen LogP contribution in [0.15, 0.2) is 24.3 Å². The van der Waals surface area contributed by atoms with Gasteiger partial charge in [0.2, 0.25) is 5.91 Å². The Morgan fingerprint density at radius 3 is 2.67 bits per heavy atom. The van der Waals surface area contributed by atoms with Crippen LogP contribution in [0.4, 0.5) is 14.9 Å². The molecule has 1 N–H and O–H groups in total. The van der Waals surface area contributed by atoms with Gasteiger partial charge in [-0.1, -0.05) is 12.1 Å². The molecule has 1 aromatic rings. The zero-order valence-electron chi connectivity index (χ0n) is 7.87. The van der Waals surface area contributed by atoms with E-state index in [1.807, 2.05) is 0 Å². The highest BCUT2D eigenvalue weighted by Crippen LogP contribution is 2.20. The van der Waals surface area contributed by atoms with E-state index in [1.165, 1.54) is 18.2 Å². The lowest BCUT2D eigenvalue weighted by Crippen LogP contribution is -2.50. The number of carbonyl (C=O) groups is 2. The largest absolute Gasteiger partial charge is 0.337 e. The van der Waals surface area contributed by atoms with Crippen molar-refractivity contribution in [3.63, 3.8) is 0 Å². The van der Waals surface area contributed by atoms with E-state index < -0.39 is 11.8 Å². The molecule has 0 spiro atoms. The van der Waals surface area contributed by atoms with Gasteiger partial charge in [-0.05, 0) is 12.1 Å². The minimum absolute atomic E-state index is 0.000278. The summed E-state index contributed by atoms with van der Waals surface area (Å²) in [5.74, 6) is -0.966. The second-order valence-corrected chi connectivity index (χ2v) is 3.16. The van der Waals surface area contributed by atoms with Gasteiger partial charge in [0, 0.05) is 13.0 Å². The Hall–Kier alpha value is -1.91. The van der Waals surface area contributed by atoms with E-state index in [2.05, 4.69) is 5.32 Å². The van der Waals surface area contributed by atoms with E-state index in [1.54, 1.807) is 6.07 Å². The van der Waals surface area contributed by atoms with Crippen LogP contribution in [-0.2, 0) is 4.79 Å². The van der Waals surface area contributed by atoms with Gasteiger partial charge in [-0.15, -0.1) is 0 Å². The van der Waals surface area contributed by atoms with Crippen LogP contribution in [-0.4, -0.2) is 18.5 Å². The standard InChI is InChI=1S/C10H9FN2O2/c11-7-3-1-2-4-8(7)13-9(14)5-6-12-10(13)15/h1-4H,5-6H2,(H,12,15). The summed E-state index contributed by atoms with van der Waals surface area (Å²) in [6.45, 7) is 0.308. The number of carbonyl (C=O) groups excluding carboxylic acids is 2. The van der Waals surface area contributed by atoms with Gasteiger partial charge in [-0.3, -0.25) is 4.79 Å². The van der Waals surface area contributed by atoms with E-state index in [0.29, 0.717) is 6.54 Å². The summed E-state index contributed by atoms with van der Waals surface area (Å²) in [5, 5.41) is 2.49. The average molecular weight is 208 g/mol. The van der Waals surface area contributed by atoms with Gasteiger partial charge in [-0.25, -0.2) is 14.1 Å². The number of halogens is 1. The third-order valence-electron chi connectivity index (χ3n) is 2.16. The molecule has 15 heavy (non-hydrogen) atoms. The van der Waals surface area contributed by atoms with Crippen LogP contribution in [0, 0.1) is 5.82 Å². The quantitative estimate of drug-likeness (QED) is 0.755. The summed E-state index contributed by atoms with van der Waals surface area (Å²) < 4.78 is 13.3. The Morgan fingerprint density at radius 2 is 2.00 bits per heavy atom. The van der Waals surface area contributed by atoms with Crippen LogP contribution in [0.2, 0.25) is 0 Å². The lowest BCUT2D eigenvalue weighted by molar-refractivity contribution is -0.118. The SMILES string of the molecule is O=C1CCNC(=O)N1c1ccccc1F. The summed E-state index contributed by atoms with van der Waals surface area (Å²) in [4.78, 5) is 23.7. The minimum atomic E-state index is -0.581. The molecule has 0 unspecified atom stereocenters. The molecule has 1 aliphatic rings. The number of anilines is 1. The fraction of sp³-hybridized carbons (Fsp3) is 0.200. The normalized spacial score (nSPS) is 16.5. The summed E-state index contributed by atoms with van der Waals surface area (Å²) >= 11 is 0. The number of nitrogens with zero attached hydrogens (tertiary/aromatic N) is 1. The first-order valence-corrected chi connectivity index (χ1v) is 4.55. The molecule has 0 bridgehead atoms. The first-order valence-electron chi connectivity index (χ1n) is 4.55. The maximum Gasteiger partial charge on any atom is 0.328 e. The molecule has 0 radical (unpaired) electrons. The monoisotopic (exact) mass is 208 g/mol. The zero-order chi connectivity index (χ0) is 10.8. The molecule has 0 saturated carbocycles. The third kappa shape index (κ3) is 1.68. The number of benzene rings is 1. The van der Waals surface area contributed by atoms with Gasteiger partial charge in [-0.2, -0.15) is 0 Å². The van der Waals surface area contributed by atoms with Crippen molar-refractivity contribution in [2.45, 2.75) is 6.42 Å². The first kappa shape index (κ1) is 9.64. The van der Waals surface area contributed by atoms with Gasteiger partial charge in [0.25, 0.3) is 0 Å². The molecule has 0 aliphatic carbocycles. The highest BCUT2D eigenvalue weighted by atomic mass is 19.1. The topological polar surface area (TPSA) is 49.4 Å². The van der Waals surface area contributed by atoms with E-state index >= 15 is 0 Å². The molecule has 5 heteroatoms. The van der Waals surface area contributed by atoms with Crippen molar-refractivity contribution >= 4 is 17.6 Å². The average Bonchev–Trinajstić information content (AvgIpc) is 2.20. The molecule has 1 saturated heterocycles. The number of hydrogen-bond acceptors (Lipinski definition) is 2. The predicted molar refractivity (Wildman–Crippen MR) is 51.9 cm³/mol. The molecule has 3 amide bonds. The number of amides is 3. The molecular weight excluding hydrogens is 199 g/mol. The lowest BCUT2D eigenvalue weighted by Gasteiger charge is -2.25. The fourth-order valence-corrected chi connectivity index (χ4v) is 1.46. The molecule has 1 aliphatic heterocycles. The number of imide groups is 1. The molecule has 0 aromatic heterocycles. The molecular formula is C10H9FN2O2. The van der Waals surface area contributed by atoms with Gasteiger partial charge in [0.05, 0.1) is 5.69 Å². The van der Waals surface area contributed by atoms with Crippen LogP contribution >= 0.6 is 0 Å². The van der Waals surface area contributed by atoms with E-state index in [0.717, 1.165) is 4.90 Å². The molecule has 0 atom stereocenters. The molecule has 1 fully saturated rings. The maximum absolute atomic E-state index is 13.3. The highest BCUT2D eigenvalue weighted by molar-refractivity contribution is 6.15. The molecule has 4 nitrogen and oxygen atoms in total. The van der Waals surface area contributed by atoms with Crippen LogP contribution < -0.4 is 10.2 Å². The number of hydrogen-bond donors (Lipinski definition) is 1. The summed E-state index contributed by atoms with van der Waals surface area (Å²) in [7, 11) is 0. The van der Waals surface area contributed by atoms with Gasteiger partial charge in [0.15, 0.2) is 0 Å². The lowest BCUT2D eigenvalue weighted by atomic mass is 10.2. The predicted octanol–water partition coefficient (Wildman–Crippen LogP) is 1.27. The highest BCUT2D eigenvalue weighted by Gasteiger charge is 2.28. The summed E-state index contributed by atoms with van der Waals surface area (Å²) in [5.41, 5.74) is -0.000278. The first-order chi connectivity index (χ1) is 7.20. The molecule has 78 valence electrons. The van der Waals surface area contributed by atoms with Crippen LogP contribution in [0.3, 0.4) is 0 Å². The van der Waals surface area contributed by atoms with E-state index in [-0.39, 0.29) is 18.0 Å². The zero-order valence-corrected chi connectivity index (χ0v) is 7.87. The second kappa shape index (κ2) is 3.68. The van der Waals surface area contributed by atoms with Gasteiger partial charge >= 0.3 is 6.03 Å². The van der Waals surface area contributed by atoms with E-state index in [4.69, 9.17) is 0 Å². The van der Waals surface area contributed by atoms with Crippen molar-refractivity contribution in [1.29, 1.82) is 0 Å². The van der Waals surface area contributed by atoms with Crippen molar-refractivity contribution in [3.05, 3.63) is 30.1 Å². The Balaban J connectivity index is 2.40. The number of rotatable bonds is 1. The number of nitrogens with one attached hydrogen (secondary N) is 1. The number of para-hydroxylation sites is 1. The van der Waals surface area contributed by atoms with Gasteiger partial charge < -0.3 is 5.32 Å². The molecule has 1 aromatic carbocycles. The van der Waals surface area contributed by atoms with Crippen LogP contribution in [0.5, 0.6) is 0 Å². The molecule has 1 heterocycles. The van der Waals surface area contributed by atoms with Gasteiger partial charge in [0.1, 0.15) is 5.82 Å². The maximum atomic E-state index is 13.3.